The Morgan fingerprint density at radius 3 is 2.89 bits per heavy atom. The average molecular weight is 343 g/mol. The highest BCUT2D eigenvalue weighted by atomic mass is 79.9. The number of carbonyl (C=O) groups is 1. The van der Waals surface area contributed by atoms with E-state index >= 15 is 0 Å². The number of nitrogens with zero attached hydrogens (tertiary/aromatic N) is 1. The molecule has 0 fully saturated rings. The van der Waals surface area contributed by atoms with Gasteiger partial charge in [0, 0.05) is 11.1 Å². The largest absolute Gasteiger partial charge is 0.343 e. The highest BCUT2D eigenvalue weighted by Crippen LogP contribution is 2.22. The molecule has 0 aliphatic carbocycles. The van der Waals surface area contributed by atoms with Crippen molar-refractivity contribution >= 4 is 33.2 Å². The zero-order valence-electron chi connectivity index (χ0n) is 10.4. The van der Waals surface area contributed by atoms with Crippen molar-refractivity contribution in [1.29, 1.82) is 0 Å². The van der Waals surface area contributed by atoms with E-state index in [2.05, 4.69) is 26.2 Å². The molecule has 0 bridgehead atoms. The lowest BCUT2D eigenvalue weighted by Gasteiger charge is -2.12. The fourth-order valence-corrected chi connectivity index (χ4v) is 2.83. The van der Waals surface area contributed by atoms with Crippen LogP contribution in [0.2, 0.25) is 0 Å². The molecule has 1 atom stereocenters. The standard InChI is InChI=1S/C13H12BrFN2OS/c1-7-6-19-13(16-7)8(2)17-12(18)9-4-3-5-10(15)11(9)14/h3-6,8H,1-2H3,(H,17,18). The molecule has 0 saturated heterocycles. The van der Waals surface area contributed by atoms with Crippen molar-refractivity contribution in [3.8, 4) is 0 Å². The van der Waals surface area contributed by atoms with E-state index in [1.807, 2.05) is 19.2 Å². The van der Waals surface area contributed by atoms with Crippen molar-refractivity contribution in [3.63, 3.8) is 0 Å². The number of hydrogen-bond acceptors (Lipinski definition) is 3. The summed E-state index contributed by atoms with van der Waals surface area (Å²) in [7, 11) is 0. The number of hydrogen-bond donors (Lipinski definition) is 1. The van der Waals surface area contributed by atoms with E-state index in [0.717, 1.165) is 10.7 Å². The van der Waals surface area contributed by atoms with Crippen LogP contribution < -0.4 is 5.32 Å². The Labute approximate surface area is 123 Å². The summed E-state index contributed by atoms with van der Waals surface area (Å²) in [6.45, 7) is 3.75. The molecule has 0 saturated carbocycles. The maximum Gasteiger partial charge on any atom is 0.253 e. The normalized spacial score (nSPS) is 12.2. The van der Waals surface area contributed by atoms with Gasteiger partial charge in [0.15, 0.2) is 0 Å². The Hall–Kier alpha value is -1.27. The molecule has 19 heavy (non-hydrogen) atoms. The number of aryl methyl sites for hydroxylation is 1. The Morgan fingerprint density at radius 1 is 1.53 bits per heavy atom. The van der Waals surface area contributed by atoms with Gasteiger partial charge in [0.2, 0.25) is 0 Å². The van der Waals surface area contributed by atoms with Crippen LogP contribution >= 0.6 is 27.3 Å². The molecule has 0 aliphatic rings. The Bertz CT molecular complexity index is 614. The molecule has 1 unspecified atom stereocenters. The van der Waals surface area contributed by atoms with E-state index in [1.165, 1.54) is 23.5 Å². The lowest BCUT2D eigenvalue weighted by Crippen LogP contribution is -2.27. The summed E-state index contributed by atoms with van der Waals surface area (Å²) < 4.78 is 13.5. The van der Waals surface area contributed by atoms with E-state index in [-0.39, 0.29) is 22.0 Å². The van der Waals surface area contributed by atoms with Crippen molar-refractivity contribution in [3.05, 3.63) is 50.1 Å². The summed E-state index contributed by atoms with van der Waals surface area (Å²) >= 11 is 4.57. The quantitative estimate of drug-likeness (QED) is 0.920. The van der Waals surface area contributed by atoms with Crippen molar-refractivity contribution in [1.82, 2.24) is 10.3 Å². The number of nitrogens with one attached hydrogen (secondary N) is 1. The van der Waals surface area contributed by atoms with E-state index in [9.17, 15) is 9.18 Å². The first-order chi connectivity index (χ1) is 8.99. The Balaban J connectivity index is 2.15. The lowest BCUT2D eigenvalue weighted by atomic mass is 10.2. The third-order valence-corrected chi connectivity index (χ3v) is 4.50. The van der Waals surface area contributed by atoms with Gasteiger partial charge >= 0.3 is 0 Å². The van der Waals surface area contributed by atoms with Crippen LogP contribution in [-0.4, -0.2) is 10.9 Å². The first-order valence-electron chi connectivity index (χ1n) is 5.66. The fourth-order valence-electron chi connectivity index (χ4n) is 1.59. The average Bonchev–Trinajstić information content (AvgIpc) is 2.79. The molecule has 1 aromatic carbocycles. The Kier molecular flexibility index (Phi) is 4.31. The van der Waals surface area contributed by atoms with Gasteiger partial charge in [0.1, 0.15) is 10.8 Å². The molecule has 0 aliphatic heterocycles. The first kappa shape index (κ1) is 14.1. The van der Waals surface area contributed by atoms with E-state index in [4.69, 9.17) is 0 Å². The Morgan fingerprint density at radius 2 is 2.26 bits per heavy atom. The van der Waals surface area contributed by atoms with Crippen LogP contribution in [0.25, 0.3) is 0 Å². The number of thiazole rings is 1. The number of benzene rings is 1. The molecular weight excluding hydrogens is 331 g/mol. The highest BCUT2D eigenvalue weighted by Gasteiger charge is 2.17. The van der Waals surface area contributed by atoms with Gasteiger partial charge in [-0.2, -0.15) is 0 Å². The van der Waals surface area contributed by atoms with Gasteiger partial charge in [-0.05, 0) is 41.9 Å². The minimum atomic E-state index is -0.453. The van der Waals surface area contributed by atoms with Crippen LogP contribution in [-0.2, 0) is 0 Å². The molecule has 0 radical (unpaired) electrons. The first-order valence-corrected chi connectivity index (χ1v) is 7.33. The van der Waals surface area contributed by atoms with Gasteiger partial charge in [-0.3, -0.25) is 4.79 Å². The van der Waals surface area contributed by atoms with Gasteiger partial charge in [-0.25, -0.2) is 9.37 Å². The predicted molar refractivity (Wildman–Crippen MR) is 76.8 cm³/mol. The number of carbonyl (C=O) groups excluding carboxylic acids is 1. The van der Waals surface area contributed by atoms with Gasteiger partial charge in [-0.1, -0.05) is 6.07 Å². The molecule has 1 N–H and O–H groups in total. The van der Waals surface area contributed by atoms with E-state index in [1.54, 1.807) is 6.07 Å². The topological polar surface area (TPSA) is 42.0 Å². The van der Waals surface area contributed by atoms with Crippen LogP contribution in [0.15, 0.2) is 28.1 Å². The van der Waals surface area contributed by atoms with E-state index in [0.29, 0.717) is 0 Å². The third kappa shape index (κ3) is 3.19. The molecule has 1 amide bonds. The van der Waals surface area contributed by atoms with Gasteiger partial charge in [0.05, 0.1) is 16.1 Å². The maximum absolute atomic E-state index is 13.4. The van der Waals surface area contributed by atoms with Crippen molar-refractivity contribution < 1.29 is 9.18 Å². The van der Waals surface area contributed by atoms with Crippen LogP contribution in [0.1, 0.15) is 34.0 Å². The summed E-state index contributed by atoms with van der Waals surface area (Å²) in [5.74, 6) is -0.780. The summed E-state index contributed by atoms with van der Waals surface area (Å²) in [6.07, 6.45) is 0. The molecular formula is C13H12BrFN2OS. The zero-order valence-corrected chi connectivity index (χ0v) is 12.8. The lowest BCUT2D eigenvalue weighted by molar-refractivity contribution is 0.0938. The molecule has 1 aromatic heterocycles. The number of amides is 1. The van der Waals surface area contributed by atoms with Gasteiger partial charge in [-0.15, -0.1) is 11.3 Å². The minimum Gasteiger partial charge on any atom is -0.343 e. The molecule has 3 nitrogen and oxygen atoms in total. The SMILES string of the molecule is Cc1csc(C(C)NC(=O)c2cccc(F)c2Br)n1. The van der Waals surface area contributed by atoms with Gasteiger partial charge in [0.25, 0.3) is 5.91 Å². The van der Waals surface area contributed by atoms with E-state index < -0.39 is 5.82 Å². The third-order valence-electron chi connectivity index (χ3n) is 2.55. The van der Waals surface area contributed by atoms with Crippen LogP contribution in [0.5, 0.6) is 0 Å². The summed E-state index contributed by atoms with van der Waals surface area (Å²) in [6, 6.07) is 4.17. The highest BCUT2D eigenvalue weighted by molar-refractivity contribution is 9.10. The molecule has 0 spiro atoms. The van der Waals surface area contributed by atoms with Crippen LogP contribution in [0.3, 0.4) is 0 Å². The van der Waals surface area contributed by atoms with Crippen molar-refractivity contribution in [2.75, 3.05) is 0 Å². The number of rotatable bonds is 3. The summed E-state index contributed by atoms with van der Waals surface area (Å²) in [5.41, 5.74) is 1.20. The molecule has 100 valence electrons. The second-order valence-corrected chi connectivity index (χ2v) is 5.81. The second kappa shape index (κ2) is 5.79. The number of halogens is 2. The van der Waals surface area contributed by atoms with Gasteiger partial charge < -0.3 is 5.32 Å². The summed E-state index contributed by atoms with van der Waals surface area (Å²) in [5, 5.41) is 5.56. The fraction of sp³-hybridized carbons (Fsp3) is 0.231. The maximum atomic E-state index is 13.4. The molecule has 2 rings (SSSR count). The minimum absolute atomic E-state index is 0.176. The molecule has 6 heteroatoms. The second-order valence-electron chi connectivity index (χ2n) is 4.12. The monoisotopic (exact) mass is 342 g/mol. The van der Waals surface area contributed by atoms with Crippen LogP contribution in [0.4, 0.5) is 4.39 Å². The van der Waals surface area contributed by atoms with Crippen molar-refractivity contribution in [2.45, 2.75) is 19.9 Å². The molecule has 2 aromatic rings. The predicted octanol–water partition coefficient (Wildman–Crippen LogP) is 3.84. The molecule has 1 heterocycles. The van der Waals surface area contributed by atoms with Crippen molar-refractivity contribution in [2.24, 2.45) is 0 Å². The summed E-state index contributed by atoms with van der Waals surface area (Å²) in [4.78, 5) is 16.4. The zero-order chi connectivity index (χ0) is 14.0. The smallest absolute Gasteiger partial charge is 0.253 e. The van der Waals surface area contributed by atoms with Crippen LogP contribution in [0, 0.1) is 12.7 Å². The number of aromatic nitrogens is 1.